The van der Waals surface area contributed by atoms with Crippen molar-refractivity contribution in [3.63, 3.8) is 0 Å². The fourth-order valence-electron chi connectivity index (χ4n) is 3.05. The summed E-state index contributed by atoms with van der Waals surface area (Å²) < 4.78 is 0. The monoisotopic (exact) mass is 346 g/mol. The van der Waals surface area contributed by atoms with Crippen molar-refractivity contribution in [1.29, 1.82) is 0 Å². The fourth-order valence-corrected chi connectivity index (χ4v) is 3.05. The predicted molar refractivity (Wildman–Crippen MR) is 109 cm³/mol. The highest BCUT2D eigenvalue weighted by atomic mass is 15.1. The van der Waals surface area contributed by atoms with Gasteiger partial charge in [-0.3, -0.25) is 9.97 Å². The summed E-state index contributed by atoms with van der Waals surface area (Å²) in [7, 11) is 8.10. The molecule has 0 aliphatic heterocycles. The van der Waals surface area contributed by atoms with Gasteiger partial charge in [0.15, 0.2) is 0 Å². The molecule has 0 aliphatic carbocycles. The highest BCUT2D eigenvalue weighted by Crippen LogP contribution is 2.32. The zero-order valence-corrected chi connectivity index (χ0v) is 16.1. The number of benzene rings is 1. The number of pyridine rings is 2. The van der Waals surface area contributed by atoms with Crippen LogP contribution in [-0.4, -0.2) is 38.2 Å². The smallest absolute Gasteiger partial charge is 0.0688 e. The number of aromatic nitrogens is 2. The van der Waals surface area contributed by atoms with Crippen molar-refractivity contribution in [3.8, 4) is 0 Å². The second kappa shape index (κ2) is 7.56. The van der Waals surface area contributed by atoms with Gasteiger partial charge in [-0.15, -0.1) is 0 Å². The molecule has 0 atom stereocenters. The van der Waals surface area contributed by atoms with Crippen LogP contribution in [0.15, 0.2) is 60.9 Å². The molecule has 0 bridgehead atoms. The van der Waals surface area contributed by atoms with Gasteiger partial charge < -0.3 is 9.80 Å². The van der Waals surface area contributed by atoms with Gasteiger partial charge in [-0.05, 0) is 42.3 Å². The fraction of sp³-hybridized carbons (Fsp3) is 0.273. The first-order valence-electron chi connectivity index (χ1n) is 8.79. The van der Waals surface area contributed by atoms with Crippen molar-refractivity contribution < 1.29 is 0 Å². The molecule has 26 heavy (non-hydrogen) atoms. The van der Waals surface area contributed by atoms with Crippen molar-refractivity contribution in [1.82, 2.24) is 9.97 Å². The van der Waals surface area contributed by atoms with Crippen LogP contribution in [0.1, 0.15) is 28.4 Å². The minimum atomic E-state index is 0.0172. The van der Waals surface area contributed by atoms with Crippen molar-refractivity contribution in [2.45, 2.75) is 12.8 Å². The average molecular weight is 346 g/mol. The molecule has 4 nitrogen and oxygen atoms in total. The molecule has 3 aromatic rings. The van der Waals surface area contributed by atoms with Crippen LogP contribution in [0.25, 0.3) is 0 Å². The predicted octanol–water partition coefficient (Wildman–Crippen LogP) is 4.10. The molecule has 0 amide bonds. The Morgan fingerprint density at radius 3 is 1.58 bits per heavy atom. The van der Waals surface area contributed by atoms with Gasteiger partial charge in [0.05, 0.1) is 41.1 Å². The van der Waals surface area contributed by atoms with E-state index in [9.17, 15) is 0 Å². The van der Waals surface area contributed by atoms with Gasteiger partial charge in [-0.2, -0.15) is 0 Å². The van der Waals surface area contributed by atoms with E-state index in [-0.39, 0.29) is 5.92 Å². The minimum absolute atomic E-state index is 0.0172. The number of hydrogen-bond acceptors (Lipinski definition) is 4. The SMILES string of the molecule is Cc1ccccc1C(c1ccc(N(C)C)cn1)c1ccc(N(C)C)cn1. The summed E-state index contributed by atoms with van der Waals surface area (Å²) in [4.78, 5) is 13.6. The molecule has 2 aromatic heterocycles. The lowest BCUT2D eigenvalue weighted by Gasteiger charge is -2.21. The lowest BCUT2D eigenvalue weighted by atomic mass is 9.88. The van der Waals surface area contributed by atoms with Gasteiger partial charge in [0, 0.05) is 28.2 Å². The minimum Gasteiger partial charge on any atom is -0.376 e. The molecule has 2 heterocycles. The second-order valence-electron chi connectivity index (χ2n) is 6.96. The van der Waals surface area contributed by atoms with E-state index in [2.05, 4.69) is 65.3 Å². The molecule has 134 valence electrons. The first-order valence-corrected chi connectivity index (χ1v) is 8.79. The van der Waals surface area contributed by atoms with Gasteiger partial charge in [0.25, 0.3) is 0 Å². The summed E-state index contributed by atoms with van der Waals surface area (Å²) in [6, 6.07) is 16.9. The van der Waals surface area contributed by atoms with Gasteiger partial charge >= 0.3 is 0 Å². The second-order valence-corrected chi connectivity index (χ2v) is 6.96. The molecule has 3 rings (SSSR count). The van der Waals surface area contributed by atoms with E-state index in [1.54, 1.807) is 0 Å². The third-order valence-electron chi connectivity index (χ3n) is 4.67. The lowest BCUT2D eigenvalue weighted by Crippen LogP contribution is -2.13. The average Bonchev–Trinajstić information content (AvgIpc) is 2.64. The standard InChI is InChI=1S/C22H26N4/c1-16-8-6-7-9-19(16)22(20-12-10-17(14-23-20)25(2)3)21-13-11-18(15-24-21)26(4)5/h6-15,22H,1-5H3. The van der Waals surface area contributed by atoms with E-state index in [0.717, 1.165) is 22.8 Å². The third kappa shape index (κ3) is 3.69. The summed E-state index contributed by atoms with van der Waals surface area (Å²) in [5, 5.41) is 0. The van der Waals surface area contributed by atoms with Gasteiger partial charge in [0.2, 0.25) is 0 Å². The summed E-state index contributed by atoms with van der Waals surface area (Å²) in [5.41, 5.74) is 6.68. The number of anilines is 2. The summed E-state index contributed by atoms with van der Waals surface area (Å²) in [6.07, 6.45) is 3.85. The molecular weight excluding hydrogens is 320 g/mol. The topological polar surface area (TPSA) is 32.3 Å². The van der Waals surface area contributed by atoms with Crippen LogP contribution >= 0.6 is 0 Å². The Bertz CT molecular complexity index is 801. The number of rotatable bonds is 5. The molecule has 0 radical (unpaired) electrons. The van der Waals surface area contributed by atoms with Gasteiger partial charge in [-0.25, -0.2) is 0 Å². The van der Waals surface area contributed by atoms with E-state index in [0.29, 0.717) is 0 Å². The highest BCUT2D eigenvalue weighted by molar-refractivity contribution is 5.49. The Kier molecular flexibility index (Phi) is 5.21. The lowest BCUT2D eigenvalue weighted by molar-refractivity contribution is 0.864. The third-order valence-corrected chi connectivity index (χ3v) is 4.67. The molecule has 0 aliphatic rings. The Hall–Kier alpha value is -2.88. The molecular formula is C22H26N4. The van der Waals surface area contributed by atoms with E-state index in [1.807, 2.05) is 40.6 Å². The van der Waals surface area contributed by atoms with Crippen molar-refractivity contribution in [2.24, 2.45) is 0 Å². The van der Waals surface area contributed by atoms with Crippen LogP contribution in [-0.2, 0) is 0 Å². The first-order chi connectivity index (χ1) is 12.5. The highest BCUT2D eigenvalue weighted by Gasteiger charge is 2.21. The molecule has 0 fully saturated rings. The molecule has 0 N–H and O–H groups in total. The first kappa shape index (κ1) is 17.9. The van der Waals surface area contributed by atoms with Crippen LogP contribution in [0, 0.1) is 6.92 Å². The zero-order chi connectivity index (χ0) is 18.7. The molecule has 4 heteroatoms. The molecule has 0 saturated carbocycles. The van der Waals surface area contributed by atoms with Crippen molar-refractivity contribution in [3.05, 3.63) is 83.4 Å². The summed E-state index contributed by atoms with van der Waals surface area (Å²) in [6.45, 7) is 2.14. The zero-order valence-electron chi connectivity index (χ0n) is 16.1. The maximum absolute atomic E-state index is 4.76. The maximum atomic E-state index is 4.76. The number of aryl methyl sites for hydroxylation is 1. The summed E-state index contributed by atoms with van der Waals surface area (Å²) >= 11 is 0. The Morgan fingerprint density at radius 1 is 0.692 bits per heavy atom. The van der Waals surface area contributed by atoms with Crippen LogP contribution in [0.5, 0.6) is 0 Å². The van der Waals surface area contributed by atoms with Crippen LogP contribution in [0.3, 0.4) is 0 Å². The molecule has 1 aromatic carbocycles. The quantitative estimate of drug-likeness (QED) is 0.696. The Labute approximate surface area is 156 Å². The van der Waals surface area contributed by atoms with Gasteiger partial charge in [0.1, 0.15) is 0 Å². The molecule has 0 unspecified atom stereocenters. The number of nitrogens with zero attached hydrogens (tertiary/aromatic N) is 4. The normalized spacial score (nSPS) is 10.8. The molecule has 0 saturated heterocycles. The van der Waals surface area contributed by atoms with Crippen LogP contribution in [0.2, 0.25) is 0 Å². The molecule has 0 spiro atoms. The largest absolute Gasteiger partial charge is 0.376 e. The number of hydrogen-bond donors (Lipinski definition) is 0. The van der Waals surface area contributed by atoms with E-state index in [1.165, 1.54) is 11.1 Å². The van der Waals surface area contributed by atoms with Crippen molar-refractivity contribution >= 4 is 11.4 Å². The van der Waals surface area contributed by atoms with Crippen LogP contribution < -0.4 is 9.80 Å². The van der Waals surface area contributed by atoms with E-state index >= 15 is 0 Å². The van der Waals surface area contributed by atoms with E-state index in [4.69, 9.17) is 9.97 Å². The Balaban J connectivity index is 2.09. The summed E-state index contributed by atoms with van der Waals surface area (Å²) in [5.74, 6) is 0.0172. The maximum Gasteiger partial charge on any atom is 0.0688 e. The van der Waals surface area contributed by atoms with Gasteiger partial charge in [-0.1, -0.05) is 24.3 Å². The van der Waals surface area contributed by atoms with Crippen LogP contribution in [0.4, 0.5) is 11.4 Å². The van der Waals surface area contributed by atoms with Crippen molar-refractivity contribution in [2.75, 3.05) is 38.0 Å². The Morgan fingerprint density at radius 2 is 1.19 bits per heavy atom. The van der Waals surface area contributed by atoms with E-state index < -0.39 is 0 Å².